The van der Waals surface area contributed by atoms with Crippen LogP contribution in [0.5, 0.6) is 0 Å². The summed E-state index contributed by atoms with van der Waals surface area (Å²) in [6.45, 7) is 23.8. The first kappa shape index (κ1) is 56.1. The molecular formula is C86H82N4. The molecule has 446 valence electrons. The van der Waals surface area contributed by atoms with Gasteiger partial charge in [0.25, 0.3) is 0 Å². The summed E-state index contributed by atoms with van der Waals surface area (Å²) >= 11 is 0. The number of para-hydroxylation sites is 6. The van der Waals surface area contributed by atoms with E-state index in [0.29, 0.717) is 0 Å². The molecule has 0 saturated heterocycles. The number of hydrogen-bond donors (Lipinski definition) is 0. The molecule has 0 spiro atoms. The van der Waals surface area contributed by atoms with Crippen molar-refractivity contribution in [2.75, 3.05) is 9.80 Å². The van der Waals surface area contributed by atoms with Gasteiger partial charge in [-0.05, 0) is 201 Å². The summed E-state index contributed by atoms with van der Waals surface area (Å²) in [7, 11) is 0. The van der Waals surface area contributed by atoms with Crippen LogP contribution in [0.2, 0.25) is 0 Å². The molecule has 4 heteroatoms. The topological polar surface area (TPSA) is 16.3 Å². The van der Waals surface area contributed by atoms with Crippen molar-refractivity contribution in [1.29, 1.82) is 0 Å². The maximum absolute atomic E-state index is 2.74. The van der Waals surface area contributed by atoms with Crippen LogP contribution in [-0.2, 0) is 36.5 Å². The molecule has 4 nitrogen and oxygen atoms in total. The normalized spacial score (nSPS) is 14.0. The van der Waals surface area contributed by atoms with Gasteiger partial charge in [-0.25, -0.2) is 0 Å². The molecule has 0 fully saturated rings. The first-order valence-corrected chi connectivity index (χ1v) is 33.5. The van der Waals surface area contributed by atoms with Crippen LogP contribution in [0.25, 0.3) is 87.3 Å². The highest BCUT2D eigenvalue weighted by atomic mass is 15.2. The highest BCUT2D eigenvalue weighted by molar-refractivity contribution is 6.30. The fourth-order valence-corrected chi connectivity index (χ4v) is 16.5. The average Bonchev–Trinajstić information content (AvgIpc) is 1.02. The first-order chi connectivity index (χ1) is 43.7. The number of hydrogen-bond acceptors (Lipinski definition) is 2. The Morgan fingerprint density at radius 3 is 1.10 bits per heavy atom. The van der Waals surface area contributed by atoms with E-state index in [1.807, 2.05) is 0 Å². The van der Waals surface area contributed by atoms with E-state index < -0.39 is 0 Å². The van der Waals surface area contributed by atoms with Crippen LogP contribution in [0.15, 0.2) is 206 Å². The Morgan fingerprint density at radius 1 is 0.322 bits per heavy atom. The summed E-state index contributed by atoms with van der Waals surface area (Å²) in [6.07, 6.45) is 9.06. The lowest BCUT2D eigenvalue weighted by molar-refractivity contribution is 0.587. The molecule has 0 unspecified atom stereocenters. The molecule has 0 amide bonds. The van der Waals surface area contributed by atoms with Crippen molar-refractivity contribution in [2.45, 2.75) is 143 Å². The fraction of sp³-hybridized carbons (Fsp3) is 0.256. The first-order valence-electron chi connectivity index (χ1n) is 33.5. The number of rotatable bonds is 10. The number of anilines is 6. The van der Waals surface area contributed by atoms with E-state index in [9.17, 15) is 0 Å². The molecule has 0 radical (unpaired) electrons. The van der Waals surface area contributed by atoms with E-state index in [1.165, 1.54) is 192 Å². The van der Waals surface area contributed by atoms with Crippen LogP contribution in [0.1, 0.15) is 151 Å². The van der Waals surface area contributed by atoms with Gasteiger partial charge in [-0.2, -0.15) is 0 Å². The predicted octanol–water partition coefficient (Wildman–Crippen LogP) is 24.3. The summed E-state index contributed by atoms with van der Waals surface area (Å²) in [6, 6.07) is 80.4. The Hall–Kier alpha value is -9.12. The molecule has 0 aliphatic heterocycles. The minimum absolute atomic E-state index is 0.106. The third kappa shape index (κ3) is 8.67. The molecule has 90 heavy (non-hydrogen) atoms. The minimum Gasteiger partial charge on any atom is -0.307 e. The van der Waals surface area contributed by atoms with Crippen LogP contribution in [0.4, 0.5) is 34.1 Å². The highest BCUT2D eigenvalue weighted by Crippen LogP contribution is 2.55. The second-order valence-corrected chi connectivity index (χ2v) is 28.9. The SMILES string of the molecule is CC(C)c1cc(N(c2cccc3c2CCCC3)c2cccc3c4ccccc4n(-c4ccccc4C(C)(C)C)c23)c2ccc3c(C(C)C)cc(N(c4cccc5c4CCCC5)c4cccc5c6ccccc6n(-c6ccccc6C(C)(C)C)c45)c4ccc1c2c34. The molecule has 16 rings (SSSR count). The van der Waals surface area contributed by atoms with Gasteiger partial charge in [-0.3, -0.25) is 0 Å². The molecule has 2 heterocycles. The van der Waals surface area contributed by atoms with Crippen molar-refractivity contribution < 1.29 is 0 Å². The molecule has 0 N–H and O–H groups in total. The Bertz CT molecular complexity index is 4860. The zero-order chi connectivity index (χ0) is 61.5. The lowest BCUT2D eigenvalue weighted by atomic mass is 9.83. The van der Waals surface area contributed by atoms with Gasteiger partial charge in [0, 0.05) is 55.1 Å². The molecule has 0 bridgehead atoms. The van der Waals surface area contributed by atoms with Crippen molar-refractivity contribution >= 4 is 110 Å². The molecule has 0 saturated carbocycles. The van der Waals surface area contributed by atoms with E-state index in [4.69, 9.17) is 0 Å². The van der Waals surface area contributed by atoms with Crippen molar-refractivity contribution in [3.63, 3.8) is 0 Å². The number of aromatic nitrogens is 2. The Morgan fingerprint density at radius 2 is 0.678 bits per heavy atom. The minimum atomic E-state index is -0.106. The third-order valence-corrected chi connectivity index (χ3v) is 20.6. The summed E-state index contributed by atoms with van der Waals surface area (Å²) in [5, 5.41) is 12.9. The smallest absolute Gasteiger partial charge is 0.0782 e. The van der Waals surface area contributed by atoms with Crippen LogP contribution in [0.3, 0.4) is 0 Å². The van der Waals surface area contributed by atoms with Gasteiger partial charge in [-0.15, -0.1) is 0 Å². The van der Waals surface area contributed by atoms with Gasteiger partial charge < -0.3 is 18.9 Å². The van der Waals surface area contributed by atoms with E-state index in [2.05, 4.69) is 294 Å². The second kappa shape index (κ2) is 21.3. The Balaban J connectivity index is 1.05. The largest absolute Gasteiger partial charge is 0.307 e. The summed E-state index contributed by atoms with van der Waals surface area (Å²) < 4.78 is 5.23. The maximum Gasteiger partial charge on any atom is 0.0782 e. The molecule has 2 aliphatic carbocycles. The van der Waals surface area contributed by atoms with Gasteiger partial charge >= 0.3 is 0 Å². The van der Waals surface area contributed by atoms with E-state index in [0.717, 1.165) is 25.7 Å². The number of nitrogens with zero attached hydrogens (tertiary/aromatic N) is 4. The lowest BCUT2D eigenvalue weighted by Gasteiger charge is -2.35. The molecule has 2 aliphatic rings. The van der Waals surface area contributed by atoms with Crippen molar-refractivity contribution in [3.8, 4) is 11.4 Å². The zero-order valence-electron chi connectivity index (χ0n) is 54.2. The highest BCUT2D eigenvalue weighted by Gasteiger charge is 2.33. The zero-order valence-corrected chi connectivity index (χ0v) is 54.2. The molecule has 2 aromatic heterocycles. The van der Waals surface area contributed by atoms with Gasteiger partial charge in [0.2, 0.25) is 0 Å². The van der Waals surface area contributed by atoms with E-state index in [-0.39, 0.29) is 22.7 Å². The summed E-state index contributed by atoms with van der Waals surface area (Å²) in [5.74, 6) is 0.459. The Labute approximate surface area is 531 Å². The van der Waals surface area contributed by atoms with E-state index >= 15 is 0 Å². The number of benzene rings is 12. The van der Waals surface area contributed by atoms with Crippen molar-refractivity contribution in [3.05, 3.63) is 251 Å². The van der Waals surface area contributed by atoms with Crippen molar-refractivity contribution in [1.82, 2.24) is 9.13 Å². The van der Waals surface area contributed by atoms with Gasteiger partial charge in [0.15, 0.2) is 0 Å². The summed E-state index contributed by atoms with van der Waals surface area (Å²) in [5.41, 5.74) is 25.8. The Kier molecular flexibility index (Phi) is 13.3. The predicted molar refractivity (Wildman–Crippen MR) is 387 cm³/mol. The van der Waals surface area contributed by atoms with Crippen molar-refractivity contribution in [2.24, 2.45) is 0 Å². The van der Waals surface area contributed by atoms with Gasteiger partial charge in [0.1, 0.15) is 0 Å². The summed E-state index contributed by atoms with van der Waals surface area (Å²) in [4.78, 5) is 5.47. The van der Waals surface area contributed by atoms with Crippen LogP contribution >= 0.6 is 0 Å². The van der Waals surface area contributed by atoms with Crippen LogP contribution in [-0.4, -0.2) is 9.13 Å². The number of aryl methyl sites for hydroxylation is 2. The molecule has 14 aromatic rings. The average molecular weight is 1170 g/mol. The molecule has 0 atom stereocenters. The lowest BCUT2D eigenvalue weighted by Crippen LogP contribution is -2.18. The maximum atomic E-state index is 2.74. The standard InChI is InChI=1S/C86H82N4/c1-53(2)67-51-79(87(71-43-23-29-55-27-11-13-31-57(55)71)77-45-25-35-63-59-33-15-19-39-73(59)89(83(63)77)75-41-21-17-37-69(75)85(5,6)7)65-50-48-62-68(54(3)4)52-80(66-49-47-61(67)81(65)82(62)66)88(72-44-24-30-56-28-12-14-32-58(56)72)78-46-26-36-64-60-34-16-20-40-74(60)90(84(64)78)76-42-22-18-38-70(76)86(8,9)10/h15-26,29-30,33-54H,11-14,27-28,31-32H2,1-10H3. The monoisotopic (exact) mass is 1170 g/mol. The quantitative estimate of drug-likeness (QED) is 0.127. The molecular weight excluding hydrogens is 1090 g/mol. The van der Waals surface area contributed by atoms with Crippen LogP contribution in [0, 0.1) is 0 Å². The fourth-order valence-electron chi connectivity index (χ4n) is 16.5. The molecule has 12 aromatic carbocycles. The third-order valence-electron chi connectivity index (χ3n) is 20.6. The van der Waals surface area contributed by atoms with Crippen LogP contribution < -0.4 is 9.80 Å². The number of fused-ring (bicyclic) bond motifs is 8. The second-order valence-electron chi connectivity index (χ2n) is 28.9. The van der Waals surface area contributed by atoms with E-state index in [1.54, 1.807) is 0 Å². The van der Waals surface area contributed by atoms with Gasteiger partial charge in [-0.1, -0.05) is 215 Å². The van der Waals surface area contributed by atoms with Gasteiger partial charge in [0.05, 0.1) is 44.8 Å².